The maximum atomic E-state index is 13.5. The summed E-state index contributed by atoms with van der Waals surface area (Å²) in [6.45, 7) is 0. The van der Waals surface area contributed by atoms with Crippen molar-refractivity contribution in [2.45, 2.75) is 43.3 Å². The van der Waals surface area contributed by atoms with Crippen LogP contribution in [-0.4, -0.2) is 14.9 Å². The van der Waals surface area contributed by atoms with Crippen molar-refractivity contribution in [2.24, 2.45) is 17.8 Å². The summed E-state index contributed by atoms with van der Waals surface area (Å²) < 4.78 is 29.6. The summed E-state index contributed by atoms with van der Waals surface area (Å²) in [5, 5.41) is 2.79. The zero-order valence-electron chi connectivity index (χ0n) is 16.2. The number of nitrogens with one attached hydrogen (secondary N) is 2. The molecule has 2 N–H and O–H groups in total. The highest BCUT2D eigenvalue weighted by Crippen LogP contribution is 2.57. The van der Waals surface area contributed by atoms with Crippen LogP contribution in [0.1, 0.15) is 48.9 Å². The molecule has 4 saturated carbocycles. The van der Waals surface area contributed by atoms with E-state index in [0.29, 0.717) is 34.7 Å². The standard InChI is InChI=1S/C23H25FN2O2S/c24-18-5-7-19(8-6-18)25-22(27)20-3-1-2-4-21(20)26-29(28)23-12-15-9-16(13-23)11-17(10-15)14-23/h1-8,15-17,26H,9-14H2,(H,25,27)/t15?,16?,17?,23?,29-/m1/s1. The fourth-order valence-corrected chi connectivity index (χ4v) is 7.72. The Morgan fingerprint density at radius 1 is 0.931 bits per heavy atom. The lowest BCUT2D eigenvalue weighted by atomic mass is 9.56. The van der Waals surface area contributed by atoms with E-state index in [0.717, 1.165) is 19.3 Å². The molecule has 4 fully saturated rings. The van der Waals surface area contributed by atoms with E-state index in [9.17, 15) is 13.4 Å². The van der Waals surface area contributed by atoms with Crippen LogP contribution < -0.4 is 10.0 Å². The first-order valence-electron chi connectivity index (χ1n) is 10.4. The van der Waals surface area contributed by atoms with Gasteiger partial charge in [-0.2, -0.15) is 0 Å². The van der Waals surface area contributed by atoms with E-state index in [2.05, 4.69) is 10.0 Å². The molecule has 0 unspecified atom stereocenters. The number of carbonyl (C=O) groups is 1. The van der Waals surface area contributed by atoms with Gasteiger partial charge in [0.25, 0.3) is 5.91 Å². The Bertz CT molecular complexity index is 924. The first-order valence-corrected chi connectivity index (χ1v) is 11.5. The van der Waals surface area contributed by atoms with Crippen molar-refractivity contribution >= 4 is 28.3 Å². The molecule has 4 bridgehead atoms. The predicted molar refractivity (Wildman–Crippen MR) is 113 cm³/mol. The van der Waals surface area contributed by atoms with Gasteiger partial charge < -0.3 is 10.0 Å². The fourth-order valence-electron chi connectivity index (χ4n) is 5.97. The summed E-state index contributed by atoms with van der Waals surface area (Å²) in [6.07, 6.45) is 6.99. The number of hydrogen-bond donors (Lipinski definition) is 2. The van der Waals surface area contributed by atoms with Crippen molar-refractivity contribution < 1.29 is 13.4 Å². The van der Waals surface area contributed by atoms with Gasteiger partial charge >= 0.3 is 0 Å². The molecule has 6 rings (SSSR count). The van der Waals surface area contributed by atoms with Gasteiger partial charge in [0, 0.05) is 5.69 Å². The van der Waals surface area contributed by atoms with Gasteiger partial charge in [-0.05, 0) is 92.7 Å². The first kappa shape index (κ1) is 18.8. The average molecular weight is 413 g/mol. The molecular weight excluding hydrogens is 387 g/mol. The second kappa shape index (κ2) is 7.24. The summed E-state index contributed by atoms with van der Waals surface area (Å²) in [4.78, 5) is 12.8. The van der Waals surface area contributed by atoms with Crippen LogP contribution in [0.5, 0.6) is 0 Å². The molecule has 0 spiro atoms. The summed E-state index contributed by atoms with van der Waals surface area (Å²) in [5.74, 6) is 1.48. The molecule has 0 saturated heterocycles. The quantitative estimate of drug-likeness (QED) is 0.716. The largest absolute Gasteiger partial charge is 0.322 e. The van der Waals surface area contributed by atoms with Gasteiger partial charge in [0.15, 0.2) is 0 Å². The number of para-hydroxylation sites is 1. The van der Waals surface area contributed by atoms with Gasteiger partial charge in [-0.15, -0.1) is 0 Å². The molecule has 0 heterocycles. The lowest BCUT2D eigenvalue weighted by molar-refractivity contribution is 0.0363. The van der Waals surface area contributed by atoms with Crippen molar-refractivity contribution in [1.82, 2.24) is 0 Å². The Labute approximate surface area is 172 Å². The maximum absolute atomic E-state index is 13.5. The molecule has 152 valence electrons. The van der Waals surface area contributed by atoms with Gasteiger partial charge in [-0.25, -0.2) is 8.60 Å². The maximum Gasteiger partial charge on any atom is 0.257 e. The van der Waals surface area contributed by atoms with Crippen LogP contribution in [-0.2, 0) is 11.0 Å². The third kappa shape index (κ3) is 3.59. The lowest BCUT2D eigenvalue weighted by Gasteiger charge is -2.55. The van der Waals surface area contributed by atoms with Crippen LogP contribution >= 0.6 is 0 Å². The SMILES string of the molecule is O=C(Nc1ccc(F)cc1)c1ccccc1N[S@](=O)C12CC3CC(CC(C3)C1)C2. The minimum Gasteiger partial charge on any atom is -0.322 e. The van der Waals surface area contributed by atoms with Crippen molar-refractivity contribution in [1.29, 1.82) is 0 Å². The highest BCUT2D eigenvalue weighted by Gasteiger charge is 2.54. The number of anilines is 2. The average Bonchev–Trinajstić information content (AvgIpc) is 2.69. The minimum atomic E-state index is -1.23. The summed E-state index contributed by atoms with van der Waals surface area (Å²) in [6, 6.07) is 12.8. The Morgan fingerprint density at radius 3 is 2.14 bits per heavy atom. The summed E-state index contributed by atoms with van der Waals surface area (Å²) >= 11 is 0. The number of carbonyl (C=O) groups excluding carboxylic acids is 1. The Morgan fingerprint density at radius 2 is 1.52 bits per heavy atom. The van der Waals surface area contributed by atoms with E-state index >= 15 is 0 Å². The second-order valence-electron chi connectivity index (χ2n) is 8.98. The van der Waals surface area contributed by atoms with Crippen LogP contribution in [0.15, 0.2) is 48.5 Å². The Hall–Kier alpha value is -2.21. The van der Waals surface area contributed by atoms with Gasteiger partial charge in [-0.3, -0.25) is 4.79 Å². The topological polar surface area (TPSA) is 58.2 Å². The van der Waals surface area contributed by atoms with E-state index in [1.54, 1.807) is 18.2 Å². The third-order valence-electron chi connectivity index (χ3n) is 6.85. The molecule has 4 aliphatic carbocycles. The smallest absolute Gasteiger partial charge is 0.257 e. The van der Waals surface area contributed by atoms with Gasteiger partial charge in [-0.1, -0.05) is 12.1 Å². The van der Waals surface area contributed by atoms with E-state index in [1.807, 2.05) is 6.07 Å². The molecule has 2 aromatic carbocycles. The van der Waals surface area contributed by atoms with E-state index in [1.165, 1.54) is 43.5 Å². The van der Waals surface area contributed by atoms with Crippen LogP contribution in [0.3, 0.4) is 0 Å². The second-order valence-corrected chi connectivity index (χ2v) is 10.6. The van der Waals surface area contributed by atoms with Crippen LogP contribution in [0.2, 0.25) is 0 Å². The van der Waals surface area contributed by atoms with Crippen molar-refractivity contribution in [3.63, 3.8) is 0 Å². The van der Waals surface area contributed by atoms with E-state index in [4.69, 9.17) is 0 Å². The van der Waals surface area contributed by atoms with E-state index < -0.39 is 11.0 Å². The molecule has 0 radical (unpaired) electrons. The molecule has 0 aromatic heterocycles. The van der Waals surface area contributed by atoms with Gasteiger partial charge in [0.05, 0.1) is 16.0 Å². The molecule has 6 heteroatoms. The number of benzene rings is 2. The third-order valence-corrected chi connectivity index (χ3v) is 8.54. The predicted octanol–water partition coefficient (Wildman–Crippen LogP) is 5.12. The van der Waals surface area contributed by atoms with E-state index in [-0.39, 0.29) is 16.5 Å². The number of rotatable bonds is 5. The molecule has 2 aromatic rings. The molecule has 4 nitrogen and oxygen atoms in total. The van der Waals surface area contributed by atoms with Crippen molar-refractivity contribution in [3.05, 3.63) is 59.9 Å². The molecule has 1 atom stereocenters. The Balaban J connectivity index is 1.35. The number of amides is 1. The van der Waals surface area contributed by atoms with Gasteiger partial charge in [0.2, 0.25) is 0 Å². The zero-order valence-corrected chi connectivity index (χ0v) is 17.0. The highest BCUT2D eigenvalue weighted by atomic mass is 32.2. The van der Waals surface area contributed by atoms with Gasteiger partial charge in [0.1, 0.15) is 16.8 Å². The van der Waals surface area contributed by atoms with Crippen molar-refractivity contribution in [3.8, 4) is 0 Å². The number of hydrogen-bond acceptors (Lipinski definition) is 2. The normalized spacial score (nSPS) is 30.7. The summed E-state index contributed by atoms with van der Waals surface area (Å²) in [7, 11) is -1.23. The first-order chi connectivity index (χ1) is 14.0. The number of halogens is 1. The van der Waals surface area contributed by atoms with Crippen molar-refractivity contribution in [2.75, 3.05) is 10.0 Å². The molecular formula is C23H25FN2O2S. The van der Waals surface area contributed by atoms with Crippen LogP contribution in [0.4, 0.5) is 15.8 Å². The molecule has 29 heavy (non-hydrogen) atoms. The molecule has 0 aliphatic heterocycles. The zero-order chi connectivity index (χ0) is 20.0. The molecule has 1 amide bonds. The minimum absolute atomic E-state index is 0.157. The lowest BCUT2D eigenvalue weighted by Crippen LogP contribution is -2.54. The van der Waals surface area contributed by atoms with Crippen LogP contribution in [0.25, 0.3) is 0 Å². The fraction of sp³-hybridized carbons (Fsp3) is 0.435. The Kier molecular flexibility index (Phi) is 4.69. The molecule has 4 aliphatic rings. The van der Waals surface area contributed by atoms with Crippen LogP contribution in [0, 0.1) is 23.6 Å². The summed E-state index contributed by atoms with van der Waals surface area (Å²) in [5.41, 5.74) is 1.55. The monoisotopic (exact) mass is 412 g/mol. The highest BCUT2D eigenvalue weighted by molar-refractivity contribution is 7.87.